The normalized spacial score (nSPS) is 32.5. The lowest BCUT2D eigenvalue weighted by atomic mass is 9.83. The van der Waals surface area contributed by atoms with E-state index in [1.54, 1.807) is 12.5 Å². The number of hydrogen-bond acceptors (Lipinski definition) is 2. The Balaban J connectivity index is 1.82. The SMILES string of the molecule is O=C1NC(c2ccoc2)C1C1CC1. The van der Waals surface area contributed by atoms with Gasteiger partial charge in [0, 0.05) is 5.56 Å². The zero-order valence-electron chi connectivity index (χ0n) is 7.19. The predicted octanol–water partition coefficient (Wildman–Crippen LogP) is 1.48. The van der Waals surface area contributed by atoms with E-state index < -0.39 is 0 Å². The maximum Gasteiger partial charge on any atom is 0.226 e. The quantitative estimate of drug-likeness (QED) is 0.695. The van der Waals surface area contributed by atoms with Gasteiger partial charge in [0.05, 0.1) is 24.5 Å². The fraction of sp³-hybridized carbons (Fsp3) is 0.500. The summed E-state index contributed by atoms with van der Waals surface area (Å²) in [5, 5.41) is 2.92. The zero-order valence-corrected chi connectivity index (χ0v) is 7.19. The zero-order chi connectivity index (χ0) is 8.84. The molecule has 0 bridgehead atoms. The summed E-state index contributed by atoms with van der Waals surface area (Å²) in [6.07, 6.45) is 5.81. The summed E-state index contributed by atoms with van der Waals surface area (Å²) in [6, 6.07) is 2.15. The molecule has 2 unspecified atom stereocenters. The van der Waals surface area contributed by atoms with Crippen LogP contribution in [0.5, 0.6) is 0 Å². The fourth-order valence-electron chi connectivity index (χ4n) is 2.08. The van der Waals surface area contributed by atoms with Crippen molar-refractivity contribution >= 4 is 5.91 Å². The molecule has 1 saturated carbocycles. The summed E-state index contributed by atoms with van der Waals surface area (Å²) >= 11 is 0. The Kier molecular flexibility index (Phi) is 1.31. The molecule has 1 saturated heterocycles. The molecule has 3 heteroatoms. The number of hydrogen-bond donors (Lipinski definition) is 1. The van der Waals surface area contributed by atoms with Crippen molar-refractivity contribution in [2.75, 3.05) is 0 Å². The van der Waals surface area contributed by atoms with Crippen LogP contribution in [0.25, 0.3) is 0 Å². The fourth-order valence-corrected chi connectivity index (χ4v) is 2.08. The van der Waals surface area contributed by atoms with Gasteiger partial charge in [0.1, 0.15) is 0 Å². The first-order chi connectivity index (χ1) is 6.36. The maximum atomic E-state index is 11.3. The largest absolute Gasteiger partial charge is 0.472 e. The first kappa shape index (κ1) is 7.18. The molecule has 1 amide bonds. The molecule has 2 fully saturated rings. The lowest BCUT2D eigenvalue weighted by molar-refractivity contribution is -0.136. The van der Waals surface area contributed by atoms with Gasteiger partial charge in [0.25, 0.3) is 0 Å². The second kappa shape index (κ2) is 2.37. The number of rotatable bonds is 2. The molecule has 2 aliphatic rings. The van der Waals surface area contributed by atoms with Crippen molar-refractivity contribution in [3.05, 3.63) is 24.2 Å². The minimum Gasteiger partial charge on any atom is -0.472 e. The van der Waals surface area contributed by atoms with Crippen LogP contribution in [0, 0.1) is 11.8 Å². The van der Waals surface area contributed by atoms with Crippen molar-refractivity contribution in [2.45, 2.75) is 18.9 Å². The highest BCUT2D eigenvalue weighted by Crippen LogP contribution is 2.47. The second-order valence-corrected chi connectivity index (χ2v) is 3.91. The maximum absolute atomic E-state index is 11.3. The highest BCUT2D eigenvalue weighted by Gasteiger charge is 2.49. The van der Waals surface area contributed by atoms with E-state index in [9.17, 15) is 4.79 Å². The number of furan rings is 1. The minimum atomic E-state index is 0.216. The molecule has 1 aliphatic carbocycles. The van der Waals surface area contributed by atoms with Crippen LogP contribution in [0.15, 0.2) is 23.0 Å². The standard InChI is InChI=1S/C10H11NO2/c12-10-8(6-1-2-6)9(11-10)7-3-4-13-5-7/h3-6,8-9H,1-2H2,(H,11,12). The molecular formula is C10H11NO2. The summed E-state index contributed by atoms with van der Waals surface area (Å²) in [7, 11) is 0. The molecule has 13 heavy (non-hydrogen) atoms. The highest BCUT2D eigenvalue weighted by molar-refractivity contribution is 5.86. The van der Waals surface area contributed by atoms with E-state index in [0.717, 1.165) is 5.56 Å². The van der Waals surface area contributed by atoms with Gasteiger partial charge in [-0.25, -0.2) is 0 Å². The monoisotopic (exact) mass is 177 g/mol. The molecule has 3 nitrogen and oxygen atoms in total. The van der Waals surface area contributed by atoms with Crippen molar-refractivity contribution < 1.29 is 9.21 Å². The van der Waals surface area contributed by atoms with Crippen molar-refractivity contribution in [1.82, 2.24) is 5.32 Å². The van der Waals surface area contributed by atoms with E-state index in [1.807, 2.05) is 6.07 Å². The van der Waals surface area contributed by atoms with Crippen LogP contribution >= 0.6 is 0 Å². The Hall–Kier alpha value is -1.25. The highest BCUT2D eigenvalue weighted by atomic mass is 16.3. The minimum absolute atomic E-state index is 0.216. The van der Waals surface area contributed by atoms with E-state index in [4.69, 9.17) is 4.42 Å². The van der Waals surface area contributed by atoms with E-state index in [-0.39, 0.29) is 17.9 Å². The molecule has 1 aliphatic heterocycles. The first-order valence-corrected chi connectivity index (χ1v) is 4.69. The molecular weight excluding hydrogens is 166 g/mol. The van der Waals surface area contributed by atoms with E-state index >= 15 is 0 Å². The molecule has 1 aromatic rings. The van der Waals surface area contributed by atoms with Gasteiger partial charge in [-0.1, -0.05) is 0 Å². The van der Waals surface area contributed by atoms with Gasteiger partial charge >= 0.3 is 0 Å². The van der Waals surface area contributed by atoms with Crippen LogP contribution in [0.4, 0.5) is 0 Å². The number of carbonyl (C=O) groups is 1. The van der Waals surface area contributed by atoms with E-state index in [1.165, 1.54) is 12.8 Å². The average Bonchev–Trinajstić information content (AvgIpc) is 2.77. The topological polar surface area (TPSA) is 42.2 Å². The van der Waals surface area contributed by atoms with Crippen molar-refractivity contribution in [2.24, 2.45) is 11.8 Å². The summed E-state index contributed by atoms with van der Waals surface area (Å²) < 4.78 is 5.00. The Bertz CT molecular complexity index is 327. The number of amides is 1. The van der Waals surface area contributed by atoms with Crippen LogP contribution in [0.3, 0.4) is 0 Å². The number of nitrogens with one attached hydrogen (secondary N) is 1. The molecule has 68 valence electrons. The van der Waals surface area contributed by atoms with Crippen molar-refractivity contribution in [3.63, 3.8) is 0 Å². The Morgan fingerprint density at radius 1 is 1.46 bits per heavy atom. The summed E-state index contributed by atoms with van der Waals surface area (Å²) in [4.78, 5) is 11.3. The smallest absolute Gasteiger partial charge is 0.226 e. The van der Waals surface area contributed by atoms with E-state index in [2.05, 4.69) is 5.32 Å². The molecule has 2 atom stereocenters. The van der Waals surface area contributed by atoms with Crippen molar-refractivity contribution in [3.8, 4) is 0 Å². The van der Waals surface area contributed by atoms with E-state index in [0.29, 0.717) is 5.92 Å². The molecule has 1 aromatic heterocycles. The third-order valence-corrected chi connectivity index (χ3v) is 2.99. The van der Waals surface area contributed by atoms with Gasteiger partial charge in [-0.05, 0) is 24.8 Å². The Labute approximate surface area is 76.1 Å². The molecule has 3 rings (SSSR count). The number of carbonyl (C=O) groups excluding carboxylic acids is 1. The lowest BCUT2D eigenvalue weighted by Gasteiger charge is -2.36. The van der Waals surface area contributed by atoms with Gasteiger partial charge in [-0.3, -0.25) is 4.79 Å². The Morgan fingerprint density at radius 3 is 2.85 bits per heavy atom. The van der Waals surface area contributed by atoms with Crippen LogP contribution in [0.2, 0.25) is 0 Å². The molecule has 0 aromatic carbocycles. The summed E-state index contributed by atoms with van der Waals surface area (Å²) in [5.41, 5.74) is 1.11. The number of β-lactam (4-membered cyclic amide) rings is 1. The molecule has 0 spiro atoms. The van der Waals surface area contributed by atoms with Gasteiger partial charge in [-0.15, -0.1) is 0 Å². The summed E-state index contributed by atoms with van der Waals surface area (Å²) in [5.74, 6) is 1.07. The lowest BCUT2D eigenvalue weighted by Crippen LogP contribution is -2.52. The molecule has 1 N–H and O–H groups in total. The first-order valence-electron chi connectivity index (χ1n) is 4.69. The van der Waals surface area contributed by atoms with Gasteiger partial charge in [0.2, 0.25) is 5.91 Å². The van der Waals surface area contributed by atoms with Gasteiger partial charge in [0.15, 0.2) is 0 Å². The van der Waals surface area contributed by atoms with Crippen molar-refractivity contribution in [1.29, 1.82) is 0 Å². The van der Waals surface area contributed by atoms with Gasteiger partial charge in [-0.2, -0.15) is 0 Å². The predicted molar refractivity (Wildman–Crippen MR) is 45.8 cm³/mol. The summed E-state index contributed by atoms with van der Waals surface area (Å²) in [6.45, 7) is 0. The third kappa shape index (κ3) is 0.996. The average molecular weight is 177 g/mol. The van der Waals surface area contributed by atoms with Crippen LogP contribution in [0.1, 0.15) is 24.4 Å². The van der Waals surface area contributed by atoms with Crippen LogP contribution in [-0.4, -0.2) is 5.91 Å². The van der Waals surface area contributed by atoms with Crippen LogP contribution < -0.4 is 5.32 Å². The third-order valence-electron chi connectivity index (χ3n) is 2.99. The molecule has 0 radical (unpaired) electrons. The second-order valence-electron chi connectivity index (χ2n) is 3.91. The van der Waals surface area contributed by atoms with Gasteiger partial charge < -0.3 is 9.73 Å². The Morgan fingerprint density at radius 2 is 2.31 bits per heavy atom. The van der Waals surface area contributed by atoms with Crippen LogP contribution in [-0.2, 0) is 4.79 Å². The molecule has 2 heterocycles.